The predicted molar refractivity (Wildman–Crippen MR) is 126 cm³/mol. The fraction of sp³-hybridized carbons (Fsp3) is 0.385. The van der Waals surface area contributed by atoms with E-state index in [1.54, 1.807) is 42.2 Å². The standard InChI is InChI=1S/C26H28ClF2N3O/c1-17(31)25(33)32-10-9-19(16-32)12-20(11-18-7-8-22(15-30)24(27)14-18)13-21-5-3-4-6-23(21)26(2,28)29/h3-8,12,14,17,19H,9-11,13,16,31H2,1-2H3/b20-12-/t17?,19-/m1/s1. The Morgan fingerprint density at radius 1 is 1.33 bits per heavy atom. The van der Waals surface area contributed by atoms with E-state index in [1.165, 1.54) is 6.07 Å². The molecule has 7 heteroatoms. The van der Waals surface area contributed by atoms with E-state index in [0.29, 0.717) is 42.1 Å². The number of carbonyl (C=O) groups excluding carboxylic acids is 1. The van der Waals surface area contributed by atoms with E-state index in [4.69, 9.17) is 22.6 Å². The molecule has 2 N–H and O–H groups in total. The van der Waals surface area contributed by atoms with Crippen LogP contribution in [0.1, 0.15) is 42.5 Å². The van der Waals surface area contributed by atoms with Crippen LogP contribution in [0.2, 0.25) is 5.02 Å². The molecule has 3 rings (SSSR count). The minimum absolute atomic E-state index is 0.00828. The molecule has 1 fully saturated rings. The zero-order valence-electron chi connectivity index (χ0n) is 18.8. The summed E-state index contributed by atoms with van der Waals surface area (Å²) in [7, 11) is 0. The van der Waals surface area contributed by atoms with Gasteiger partial charge in [0.05, 0.1) is 16.6 Å². The van der Waals surface area contributed by atoms with Gasteiger partial charge >= 0.3 is 0 Å². The van der Waals surface area contributed by atoms with Crippen LogP contribution < -0.4 is 5.73 Å². The van der Waals surface area contributed by atoms with E-state index >= 15 is 0 Å². The van der Waals surface area contributed by atoms with Crippen LogP contribution in [-0.2, 0) is 23.6 Å². The molecule has 1 amide bonds. The van der Waals surface area contributed by atoms with Gasteiger partial charge < -0.3 is 10.6 Å². The smallest absolute Gasteiger partial charge is 0.270 e. The highest BCUT2D eigenvalue weighted by Crippen LogP contribution is 2.32. The molecule has 33 heavy (non-hydrogen) atoms. The topological polar surface area (TPSA) is 70.1 Å². The average Bonchev–Trinajstić information content (AvgIpc) is 3.21. The molecule has 1 heterocycles. The minimum atomic E-state index is -2.95. The maximum atomic E-state index is 14.2. The van der Waals surface area contributed by atoms with Gasteiger partial charge in [-0.05, 0) is 55.4 Å². The Morgan fingerprint density at radius 2 is 2.06 bits per heavy atom. The molecule has 1 aliphatic rings. The van der Waals surface area contributed by atoms with Gasteiger partial charge in [-0.3, -0.25) is 4.79 Å². The van der Waals surface area contributed by atoms with Gasteiger partial charge in [0.15, 0.2) is 0 Å². The van der Waals surface area contributed by atoms with Crippen molar-refractivity contribution >= 4 is 17.5 Å². The first-order chi connectivity index (χ1) is 15.6. The van der Waals surface area contributed by atoms with Crippen LogP contribution >= 0.6 is 11.6 Å². The number of nitriles is 1. The molecule has 1 aliphatic heterocycles. The van der Waals surface area contributed by atoms with Gasteiger partial charge in [0.1, 0.15) is 6.07 Å². The number of benzene rings is 2. The normalized spacial score (nSPS) is 17.7. The number of hydrogen-bond acceptors (Lipinski definition) is 3. The number of carbonyl (C=O) groups is 1. The molecule has 0 saturated carbocycles. The number of likely N-dealkylation sites (tertiary alicyclic amines) is 1. The van der Waals surface area contributed by atoms with E-state index in [1.807, 2.05) is 12.1 Å². The van der Waals surface area contributed by atoms with Crippen molar-refractivity contribution in [3.63, 3.8) is 0 Å². The van der Waals surface area contributed by atoms with Gasteiger partial charge in [-0.25, -0.2) is 8.78 Å². The fourth-order valence-corrected chi connectivity index (χ4v) is 4.54. The molecule has 4 nitrogen and oxygen atoms in total. The van der Waals surface area contributed by atoms with Crippen molar-refractivity contribution in [2.45, 2.75) is 45.1 Å². The third kappa shape index (κ3) is 6.40. The number of nitrogens with zero attached hydrogens (tertiary/aromatic N) is 2. The maximum absolute atomic E-state index is 14.2. The Hall–Kier alpha value is -2.75. The number of allylic oxidation sites excluding steroid dienone is 1. The third-order valence-electron chi connectivity index (χ3n) is 5.89. The second-order valence-electron chi connectivity index (χ2n) is 8.77. The predicted octanol–water partition coefficient (Wildman–Crippen LogP) is 5.23. The van der Waals surface area contributed by atoms with E-state index in [2.05, 4.69) is 6.08 Å². The highest BCUT2D eigenvalue weighted by atomic mass is 35.5. The first kappa shape index (κ1) is 24.9. The van der Waals surface area contributed by atoms with Gasteiger partial charge in [-0.1, -0.05) is 53.6 Å². The second-order valence-corrected chi connectivity index (χ2v) is 9.18. The summed E-state index contributed by atoms with van der Waals surface area (Å²) >= 11 is 6.21. The lowest BCUT2D eigenvalue weighted by molar-refractivity contribution is -0.131. The third-order valence-corrected chi connectivity index (χ3v) is 6.20. The molecule has 2 aromatic carbocycles. The SMILES string of the molecule is CC(N)C(=O)N1CC[C@H](/C=C(/Cc2ccc(C#N)c(Cl)c2)Cc2ccccc2C(C)(F)F)C1. The molecule has 2 atom stereocenters. The van der Waals surface area contributed by atoms with Crippen LogP contribution in [0.5, 0.6) is 0 Å². The summed E-state index contributed by atoms with van der Waals surface area (Å²) in [6.07, 6.45) is 3.76. The maximum Gasteiger partial charge on any atom is 0.270 e. The van der Waals surface area contributed by atoms with Crippen LogP contribution in [0.15, 0.2) is 54.1 Å². The molecule has 0 radical (unpaired) electrons. The number of alkyl halides is 2. The molecule has 0 bridgehead atoms. The zero-order valence-corrected chi connectivity index (χ0v) is 19.6. The van der Waals surface area contributed by atoms with Crippen LogP contribution in [0.3, 0.4) is 0 Å². The van der Waals surface area contributed by atoms with Crippen molar-refractivity contribution in [2.24, 2.45) is 11.7 Å². The van der Waals surface area contributed by atoms with Crippen molar-refractivity contribution in [2.75, 3.05) is 13.1 Å². The highest BCUT2D eigenvalue weighted by Gasteiger charge is 2.29. The lowest BCUT2D eigenvalue weighted by Gasteiger charge is -2.19. The van der Waals surface area contributed by atoms with Gasteiger partial charge in [-0.2, -0.15) is 5.26 Å². The van der Waals surface area contributed by atoms with Crippen molar-refractivity contribution in [3.8, 4) is 6.07 Å². The van der Waals surface area contributed by atoms with Crippen LogP contribution in [0.25, 0.3) is 0 Å². The summed E-state index contributed by atoms with van der Waals surface area (Å²) in [6.45, 7) is 3.77. The van der Waals surface area contributed by atoms with Gasteiger partial charge in [0, 0.05) is 25.6 Å². The van der Waals surface area contributed by atoms with E-state index < -0.39 is 12.0 Å². The van der Waals surface area contributed by atoms with Crippen molar-refractivity contribution < 1.29 is 13.6 Å². The number of hydrogen-bond donors (Lipinski definition) is 1. The number of nitrogens with two attached hydrogens (primary N) is 1. The molecule has 2 aromatic rings. The zero-order chi connectivity index (χ0) is 24.2. The molecule has 0 spiro atoms. The lowest BCUT2D eigenvalue weighted by atomic mass is 9.91. The molecule has 0 aromatic heterocycles. The number of halogens is 3. The summed E-state index contributed by atoms with van der Waals surface area (Å²) < 4.78 is 28.5. The van der Waals surface area contributed by atoms with E-state index in [9.17, 15) is 13.6 Å². The molecule has 1 saturated heterocycles. The largest absolute Gasteiger partial charge is 0.341 e. The molecule has 0 aliphatic carbocycles. The van der Waals surface area contributed by atoms with E-state index in [-0.39, 0.29) is 17.4 Å². The summed E-state index contributed by atoms with van der Waals surface area (Å²) in [5, 5.41) is 9.50. The monoisotopic (exact) mass is 471 g/mol. The molecule has 174 valence electrons. The van der Waals surface area contributed by atoms with Gasteiger partial charge in [-0.15, -0.1) is 0 Å². The average molecular weight is 472 g/mol. The molecular weight excluding hydrogens is 444 g/mol. The molecule has 1 unspecified atom stereocenters. The van der Waals surface area contributed by atoms with Crippen molar-refractivity contribution in [3.05, 3.63) is 81.4 Å². The first-order valence-electron chi connectivity index (χ1n) is 11.0. The van der Waals surface area contributed by atoms with Crippen LogP contribution in [0.4, 0.5) is 8.78 Å². The van der Waals surface area contributed by atoms with Crippen LogP contribution in [-0.4, -0.2) is 29.9 Å². The summed E-state index contributed by atoms with van der Waals surface area (Å²) in [5.74, 6) is -2.92. The highest BCUT2D eigenvalue weighted by molar-refractivity contribution is 6.31. The van der Waals surface area contributed by atoms with Crippen LogP contribution in [0, 0.1) is 17.2 Å². The number of amides is 1. The lowest BCUT2D eigenvalue weighted by Crippen LogP contribution is -2.40. The quantitative estimate of drug-likeness (QED) is 0.562. The van der Waals surface area contributed by atoms with Crippen molar-refractivity contribution in [1.82, 2.24) is 4.90 Å². The number of rotatable bonds is 7. The summed E-state index contributed by atoms with van der Waals surface area (Å²) in [6, 6.07) is 13.3. The van der Waals surface area contributed by atoms with E-state index in [0.717, 1.165) is 24.5 Å². The van der Waals surface area contributed by atoms with Gasteiger partial charge in [0.2, 0.25) is 5.91 Å². The molecular formula is C26H28ClF2N3O. The Kier molecular flexibility index (Phi) is 7.88. The first-order valence-corrected chi connectivity index (χ1v) is 11.3. The summed E-state index contributed by atoms with van der Waals surface area (Å²) in [5.41, 5.74) is 8.58. The Morgan fingerprint density at radius 3 is 2.70 bits per heavy atom. The minimum Gasteiger partial charge on any atom is -0.341 e. The Labute approximate surface area is 198 Å². The fourth-order valence-electron chi connectivity index (χ4n) is 4.29. The van der Waals surface area contributed by atoms with Crippen molar-refractivity contribution in [1.29, 1.82) is 5.26 Å². The van der Waals surface area contributed by atoms with Gasteiger partial charge in [0.25, 0.3) is 5.92 Å². The Balaban J connectivity index is 1.91. The Bertz CT molecular complexity index is 1090. The summed E-state index contributed by atoms with van der Waals surface area (Å²) in [4.78, 5) is 14.0. The second kappa shape index (κ2) is 10.5.